The Morgan fingerprint density at radius 1 is 1.12 bits per heavy atom. The lowest BCUT2D eigenvalue weighted by Gasteiger charge is -2.13. The van der Waals surface area contributed by atoms with Gasteiger partial charge in [-0.25, -0.2) is 0 Å². The van der Waals surface area contributed by atoms with Crippen LogP contribution in [0.25, 0.3) is 0 Å². The van der Waals surface area contributed by atoms with Crippen LogP contribution in [0.2, 0.25) is 0 Å². The van der Waals surface area contributed by atoms with E-state index in [9.17, 15) is 0 Å². The Hall–Kier alpha value is -0.800. The second-order valence-corrected chi connectivity index (χ2v) is 4.76. The number of ether oxygens (including phenoxy) is 2. The molecule has 0 spiro atoms. The maximum Gasteiger partial charge on any atom is 0.0860 e. The molecule has 0 aromatic heterocycles. The summed E-state index contributed by atoms with van der Waals surface area (Å²) >= 11 is 0. The van der Waals surface area contributed by atoms with Crippen LogP contribution in [0.4, 0.5) is 0 Å². The van der Waals surface area contributed by atoms with Gasteiger partial charge in [-0.2, -0.15) is 0 Å². The van der Waals surface area contributed by atoms with E-state index in [1.165, 1.54) is 0 Å². The molecule has 3 heteroatoms. The van der Waals surface area contributed by atoms with E-state index in [0.29, 0.717) is 25.7 Å². The SMILES string of the molecule is C=C(COCC(=C)C(C)C)NCCOC(C)C. The van der Waals surface area contributed by atoms with E-state index in [1.54, 1.807) is 0 Å². The maximum absolute atomic E-state index is 5.49. The van der Waals surface area contributed by atoms with Crippen LogP contribution in [0.5, 0.6) is 0 Å². The van der Waals surface area contributed by atoms with Crippen molar-refractivity contribution in [1.29, 1.82) is 0 Å². The third-order valence-electron chi connectivity index (χ3n) is 2.31. The fraction of sp³-hybridized carbons (Fsp3) is 0.714. The van der Waals surface area contributed by atoms with Gasteiger partial charge in [-0.1, -0.05) is 27.0 Å². The van der Waals surface area contributed by atoms with Crippen molar-refractivity contribution in [3.05, 3.63) is 24.4 Å². The first-order valence-corrected chi connectivity index (χ1v) is 6.22. The van der Waals surface area contributed by atoms with Crippen molar-refractivity contribution in [1.82, 2.24) is 5.32 Å². The number of hydrogen-bond acceptors (Lipinski definition) is 3. The Kier molecular flexibility index (Phi) is 8.82. The molecule has 0 saturated heterocycles. The fourth-order valence-electron chi connectivity index (χ4n) is 1.05. The van der Waals surface area contributed by atoms with Crippen molar-refractivity contribution in [2.45, 2.75) is 33.8 Å². The summed E-state index contributed by atoms with van der Waals surface area (Å²) in [5.41, 5.74) is 2.00. The summed E-state index contributed by atoms with van der Waals surface area (Å²) in [6.45, 7) is 18.7. The maximum atomic E-state index is 5.49. The lowest BCUT2D eigenvalue weighted by Crippen LogP contribution is -2.23. The first-order valence-electron chi connectivity index (χ1n) is 6.22. The van der Waals surface area contributed by atoms with Crippen molar-refractivity contribution in [3.63, 3.8) is 0 Å². The molecule has 3 nitrogen and oxygen atoms in total. The van der Waals surface area contributed by atoms with Crippen molar-refractivity contribution in [3.8, 4) is 0 Å². The molecule has 0 atom stereocenters. The number of hydrogen-bond donors (Lipinski definition) is 1. The molecule has 0 fully saturated rings. The third kappa shape index (κ3) is 10.1. The van der Waals surface area contributed by atoms with E-state index >= 15 is 0 Å². The molecule has 1 N–H and O–H groups in total. The van der Waals surface area contributed by atoms with E-state index in [-0.39, 0.29) is 6.10 Å². The molecule has 17 heavy (non-hydrogen) atoms. The molecular weight excluding hydrogens is 214 g/mol. The van der Waals surface area contributed by atoms with Gasteiger partial charge in [0.1, 0.15) is 0 Å². The second kappa shape index (κ2) is 9.25. The molecule has 0 unspecified atom stereocenters. The largest absolute Gasteiger partial charge is 0.385 e. The van der Waals surface area contributed by atoms with Crippen LogP contribution in [0.3, 0.4) is 0 Å². The Balaban J connectivity index is 3.44. The highest BCUT2D eigenvalue weighted by atomic mass is 16.5. The zero-order chi connectivity index (χ0) is 13.3. The van der Waals surface area contributed by atoms with Gasteiger partial charge in [0, 0.05) is 12.2 Å². The van der Waals surface area contributed by atoms with Crippen LogP contribution in [0.1, 0.15) is 27.7 Å². The smallest absolute Gasteiger partial charge is 0.0860 e. The summed E-state index contributed by atoms with van der Waals surface area (Å²) < 4.78 is 10.9. The quantitative estimate of drug-likeness (QED) is 0.471. The first kappa shape index (κ1) is 16.2. The Bertz CT molecular complexity index is 234. The predicted molar refractivity (Wildman–Crippen MR) is 73.0 cm³/mol. The normalized spacial score (nSPS) is 10.9. The van der Waals surface area contributed by atoms with E-state index < -0.39 is 0 Å². The molecular formula is C14H27NO2. The zero-order valence-electron chi connectivity index (χ0n) is 11.7. The van der Waals surface area contributed by atoms with Gasteiger partial charge in [0.2, 0.25) is 0 Å². The van der Waals surface area contributed by atoms with Crippen molar-refractivity contribution in [2.24, 2.45) is 5.92 Å². The zero-order valence-corrected chi connectivity index (χ0v) is 11.7. The van der Waals surface area contributed by atoms with Gasteiger partial charge in [0.05, 0.1) is 25.9 Å². The monoisotopic (exact) mass is 241 g/mol. The molecule has 0 aliphatic carbocycles. The number of nitrogens with one attached hydrogen (secondary N) is 1. The molecule has 0 bridgehead atoms. The summed E-state index contributed by atoms with van der Waals surface area (Å²) in [4.78, 5) is 0. The van der Waals surface area contributed by atoms with Crippen molar-refractivity contribution < 1.29 is 9.47 Å². The summed E-state index contributed by atoms with van der Waals surface area (Å²) in [6, 6.07) is 0. The van der Waals surface area contributed by atoms with Crippen molar-refractivity contribution in [2.75, 3.05) is 26.4 Å². The van der Waals surface area contributed by atoms with Gasteiger partial charge in [-0.05, 0) is 25.3 Å². The molecule has 0 rings (SSSR count). The van der Waals surface area contributed by atoms with E-state index in [0.717, 1.165) is 17.8 Å². The molecule has 0 amide bonds. The molecule has 0 aliphatic rings. The Labute approximate surface area is 106 Å². The Morgan fingerprint density at radius 3 is 2.29 bits per heavy atom. The first-order chi connectivity index (χ1) is 7.93. The van der Waals surface area contributed by atoms with Crippen LogP contribution in [-0.4, -0.2) is 32.5 Å². The summed E-state index contributed by atoms with van der Waals surface area (Å²) in [7, 11) is 0. The highest BCUT2D eigenvalue weighted by molar-refractivity contribution is 4.98. The topological polar surface area (TPSA) is 30.5 Å². The van der Waals surface area contributed by atoms with Gasteiger partial charge >= 0.3 is 0 Å². The summed E-state index contributed by atoms with van der Waals surface area (Å²) in [5.74, 6) is 0.468. The minimum atomic E-state index is 0.274. The van der Waals surface area contributed by atoms with Gasteiger partial charge in [0.15, 0.2) is 0 Å². The highest BCUT2D eigenvalue weighted by Gasteiger charge is 2.01. The average molecular weight is 241 g/mol. The van der Waals surface area contributed by atoms with Crippen LogP contribution >= 0.6 is 0 Å². The van der Waals surface area contributed by atoms with Gasteiger partial charge in [0.25, 0.3) is 0 Å². The molecule has 0 aromatic carbocycles. The van der Waals surface area contributed by atoms with Crippen LogP contribution in [0, 0.1) is 5.92 Å². The minimum Gasteiger partial charge on any atom is -0.385 e. The lowest BCUT2D eigenvalue weighted by atomic mass is 10.1. The van der Waals surface area contributed by atoms with Gasteiger partial charge in [-0.3, -0.25) is 0 Å². The third-order valence-corrected chi connectivity index (χ3v) is 2.31. The standard InChI is InChI=1S/C14H27NO2/c1-11(2)13(5)9-16-10-14(6)15-7-8-17-12(3)4/h11-12,15H,5-10H2,1-4H3. The lowest BCUT2D eigenvalue weighted by molar-refractivity contribution is 0.0810. The van der Waals surface area contributed by atoms with E-state index in [1.807, 2.05) is 13.8 Å². The average Bonchev–Trinajstić information content (AvgIpc) is 2.23. The van der Waals surface area contributed by atoms with E-state index in [2.05, 4.69) is 32.3 Å². The van der Waals surface area contributed by atoms with Crippen LogP contribution < -0.4 is 5.32 Å². The van der Waals surface area contributed by atoms with Crippen LogP contribution in [0.15, 0.2) is 24.4 Å². The molecule has 0 aromatic rings. The Morgan fingerprint density at radius 2 is 1.76 bits per heavy atom. The molecule has 0 saturated carbocycles. The summed E-state index contributed by atoms with van der Waals surface area (Å²) in [5, 5.41) is 3.17. The van der Waals surface area contributed by atoms with Crippen molar-refractivity contribution >= 4 is 0 Å². The van der Waals surface area contributed by atoms with Gasteiger partial charge in [-0.15, -0.1) is 0 Å². The second-order valence-electron chi connectivity index (χ2n) is 4.76. The highest BCUT2D eigenvalue weighted by Crippen LogP contribution is 2.06. The fourth-order valence-corrected chi connectivity index (χ4v) is 1.05. The molecule has 100 valence electrons. The molecule has 0 radical (unpaired) electrons. The van der Waals surface area contributed by atoms with Crippen LogP contribution in [-0.2, 0) is 9.47 Å². The molecule has 0 aliphatic heterocycles. The minimum absolute atomic E-state index is 0.274. The predicted octanol–water partition coefficient (Wildman–Crippen LogP) is 2.74. The number of rotatable bonds is 10. The van der Waals surface area contributed by atoms with Gasteiger partial charge < -0.3 is 14.8 Å². The summed E-state index contributed by atoms with van der Waals surface area (Å²) in [6.07, 6.45) is 0.274. The molecule has 0 heterocycles. The van der Waals surface area contributed by atoms with E-state index in [4.69, 9.17) is 9.47 Å².